The average Bonchev–Trinajstić information content (AvgIpc) is 2.42. The van der Waals surface area contributed by atoms with E-state index in [9.17, 15) is 9.59 Å². The summed E-state index contributed by atoms with van der Waals surface area (Å²) in [5.41, 5.74) is -0.237. The van der Waals surface area contributed by atoms with Crippen LogP contribution in [0.1, 0.15) is 51.9 Å². The van der Waals surface area contributed by atoms with Crippen LogP contribution >= 0.6 is 0 Å². The SMILES string of the molecule is CCC1(C(=O)NCCCCCC(=O)O)CCCNC1. The zero-order valence-electron chi connectivity index (χ0n) is 11.8. The molecule has 0 saturated carbocycles. The molecular weight excluding hydrogens is 244 g/mol. The molecule has 19 heavy (non-hydrogen) atoms. The summed E-state index contributed by atoms with van der Waals surface area (Å²) in [7, 11) is 0. The topological polar surface area (TPSA) is 78.4 Å². The van der Waals surface area contributed by atoms with Gasteiger partial charge in [-0.3, -0.25) is 9.59 Å². The Balaban J connectivity index is 2.20. The lowest BCUT2D eigenvalue weighted by molar-refractivity contribution is -0.137. The van der Waals surface area contributed by atoms with Crippen LogP contribution in [0, 0.1) is 5.41 Å². The van der Waals surface area contributed by atoms with Crippen LogP contribution in [0.5, 0.6) is 0 Å². The normalized spacial score (nSPS) is 23.0. The summed E-state index contributed by atoms with van der Waals surface area (Å²) in [6.07, 6.45) is 5.49. The van der Waals surface area contributed by atoms with Gasteiger partial charge >= 0.3 is 5.97 Å². The Morgan fingerprint density at radius 3 is 2.68 bits per heavy atom. The number of unbranched alkanes of at least 4 members (excludes halogenated alkanes) is 2. The summed E-state index contributed by atoms with van der Waals surface area (Å²) >= 11 is 0. The Kier molecular flexibility index (Phi) is 6.84. The molecule has 0 bridgehead atoms. The van der Waals surface area contributed by atoms with Crippen LogP contribution in [0.3, 0.4) is 0 Å². The summed E-state index contributed by atoms with van der Waals surface area (Å²) in [4.78, 5) is 22.6. The van der Waals surface area contributed by atoms with Crippen LogP contribution in [0.25, 0.3) is 0 Å². The fourth-order valence-corrected chi connectivity index (χ4v) is 2.59. The van der Waals surface area contributed by atoms with E-state index >= 15 is 0 Å². The number of nitrogens with one attached hydrogen (secondary N) is 2. The molecule has 1 heterocycles. The third-order valence-electron chi connectivity index (χ3n) is 3.98. The number of hydrogen-bond acceptors (Lipinski definition) is 3. The molecule has 1 amide bonds. The van der Waals surface area contributed by atoms with Gasteiger partial charge in [0.1, 0.15) is 0 Å². The average molecular weight is 270 g/mol. The van der Waals surface area contributed by atoms with Gasteiger partial charge < -0.3 is 15.7 Å². The predicted octanol–water partition coefficient (Wildman–Crippen LogP) is 1.53. The smallest absolute Gasteiger partial charge is 0.303 e. The standard InChI is InChI=1S/C14H26N2O3/c1-2-14(8-6-9-15-11-14)13(19)16-10-5-3-4-7-12(17)18/h15H,2-11H2,1H3,(H,16,19)(H,17,18). The monoisotopic (exact) mass is 270 g/mol. The van der Waals surface area contributed by atoms with Crippen molar-refractivity contribution >= 4 is 11.9 Å². The van der Waals surface area contributed by atoms with Crippen molar-refractivity contribution in [1.29, 1.82) is 0 Å². The number of carbonyl (C=O) groups excluding carboxylic acids is 1. The quantitative estimate of drug-likeness (QED) is 0.584. The van der Waals surface area contributed by atoms with Gasteiger partial charge in [0.2, 0.25) is 5.91 Å². The fraction of sp³-hybridized carbons (Fsp3) is 0.857. The predicted molar refractivity (Wildman–Crippen MR) is 73.9 cm³/mol. The van der Waals surface area contributed by atoms with E-state index in [1.807, 2.05) is 0 Å². The van der Waals surface area contributed by atoms with Gasteiger partial charge in [0.25, 0.3) is 0 Å². The second kappa shape index (κ2) is 8.15. The molecule has 1 unspecified atom stereocenters. The minimum absolute atomic E-state index is 0.153. The van der Waals surface area contributed by atoms with Crippen molar-refractivity contribution in [3.63, 3.8) is 0 Å². The van der Waals surface area contributed by atoms with Crippen LogP contribution in [-0.2, 0) is 9.59 Å². The number of piperidine rings is 1. The van der Waals surface area contributed by atoms with Gasteiger partial charge in [-0.1, -0.05) is 13.3 Å². The van der Waals surface area contributed by atoms with E-state index in [1.165, 1.54) is 0 Å². The maximum absolute atomic E-state index is 12.2. The van der Waals surface area contributed by atoms with Crippen molar-refractivity contribution in [3.8, 4) is 0 Å². The molecule has 1 saturated heterocycles. The number of carbonyl (C=O) groups is 2. The molecule has 1 aliphatic heterocycles. The van der Waals surface area contributed by atoms with Crippen LogP contribution in [-0.4, -0.2) is 36.6 Å². The number of rotatable bonds is 8. The number of amides is 1. The zero-order valence-corrected chi connectivity index (χ0v) is 11.8. The molecule has 5 nitrogen and oxygen atoms in total. The van der Waals surface area contributed by atoms with Crippen molar-refractivity contribution in [1.82, 2.24) is 10.6 Å². The Morgan fingerprint density at radius 2 is 2.11 bits per heavy atom. The van der Waals surface area contributed by atoms with Crippen molar-refractivity contribution in [2.24, 2.45) is 5.41 Å². The molecule has 1 atom stereocenters. The van der Waals surface area contributed by atoms with Crippen molar-refractivity contribution in [2.75, 3.05) is 19.6 Å². The highest BCUT2D eigenvalue weighted by molar-refractivity contribution is 5.83. The first kappa shape index (κ1) is 16.0. The summed E-state index contributed by atoms with van der Waals surface area (Å²) in [5.74, 6) is -0.595. The van der Waals surface area contributed by atoms with Gasteiger partial charge in [0.15, 0.2) is 0 Å². The summed E-state index contributed by atoms with van der Waals surface area (Å²) in [6, 6.07) is 0. The van der Waals surface area contributed by atoms with Gasteiger partial charge in [0.05, 0.1) is 5.41 Å². The van der Waals surface area contributed by atoms with Crippen LogP contribution in [0.4, 0.5) is 0 Å². The minimum Gasteiger partial charge on any atom is -0.481 e. The van der Waals surface area contributed by atoms with Crippen molar-refractivity contribution in [2.45, 2.75) is 51.9 Å². The van der Waals surface area contributed by atoms with Gasteiger partial charge in [0, 0.05) is 19.5 Å². The first-order chi connectivity index (χ1) is 9.10. The highest BCUT2D eigenvalue weighted by atomic mass is 16.4. The van der Waals surface area contributed by atoms with E-state index in [0.29, 0.717) is 13.0 Å². The van der Waals surface area contributed by atoms with E-state index in [4.69, 9.17) is 5.11 Å². The summed E-state index contributed by atoms with van der Waals surface area (Å²) in [5, 5.41) is 14.8. The number of carboxylic acid groups (broad SMARTS) is 1. The maximum atomic E-state index is 12.2. The third-order valence-corrected chi connectivity index (χ3v) is 3.98. The van der Waals surface area contributed by atoms with Crippen molar-refractivity contribution < 1.29 is 14.7 Å². The second-order valence-electron chi connectivity index (χ2n) is 5.37. The lowest BCUT2D eigenvalue weighted by Gasteiger charge is -2.35. The van der Waals surface area contributed by atoms with E-state index in [-0.39, 0.29) is 17.7 Å². The lowest BCUT2D eigenvalue weighted by atomic mass is 9.77. The summed E-state index contributed by atoms with van der Waals surface area (Å²) < 4.78 is 0. The molecule has 3 N–H and O–H groups in total. The minimum atomic E-state index is -0.748. The molecule has 0 aliphatic carbocycles. The first-order valence-electron chi connectivity index (χ1n) is 7.31. The fourth-order valence-electron chi connectivity index (χ4n) is 2.59. The maximum Gasteiger partial charge on any atom is 0.303 e. The molecular formula is C14H26N2O3. The number of aliphatic carboxylic acids is 1. The molecule has 1 aliphatic rings. The molecule has 5 heteroatoms. The Hall–Kier alpha value is -1.10. The largest absolute Gasteiger partial charge is 0.481 e. The second-order valence-corrected chi connectivity index (χ2v) is 5.37. The number of carboxylic acids is 1. The van der Waals surface area contributed by atoms with E-state index in [1.54, 1.807) is 0 Å². The Morgan fingerprint density at radius 1 is 1.32 bits per heavy atom. The number of hydrogen-bond donors (Lipinski definition) is 3. The van der Waals surface area contributed by atoms with Crippen LogP contribution < -0.4 is 10.6 Å². The van der Waals surface area contributed by atoms with Gasteiger partial charge in [-0.2, -0.15) is 0 Å². The molecule has 110 valence electrons. The van der Waals surface area contributed by atoms with Gasteiger partial charge in [-0.25, -0.2) is 0 Å². The van der Waals surface area contributed by atoms with E-state index in [2.05, 4.69) is 17.6 Å². The first-order valence-corrected chi connectivity index (χ1v) is 7.31. The molecule has 1 rings (SSSR count). The molecule has 0 aromatic rings. The van der Waals surface area contributed by atoms with Gasteiger partial charge in [-0.15, -0.1) is 0 Å². The highest BCUT2D eigenvalue weighted by Crippen LogP contribution is 2.30. The molecule has 1 fully saturated rings. The molecule has 0 aromatic carbocycles. The Bertz CT molecular complexity index is 299. The third kappa shape index (κ3) is 5.19. The molecule has 0 spiro atoms. The van der Waals surface area contributed by atoms with Crippen molar-refractivity contribution in [3.05, 3.63) is 0 Å². The van der Waals surface area contributed by atoms with E-state index < -0.39 is 5.97 Å². The van der Waals surface area contributed by atoms with E-state index in [0.717, 1.165) is 45.2 Å². The molecule has 0 aromatic heterocycles. The van der Waals surface area contributed by atoms with Crippen LogP contribution in [0.2, 0.25) is 0 Å². The van der Waals surface area contributed by atoms with Gasteiger partial charge in [-0.05, 0) is 38.6 Å². The Labute approximate surface area is 115 Å². The van der Waals surface area contributed by atoms with Crippen LogP contribution in [0.15, 0.2) is 0 Å². The highest BCUT2D eigenvalue weighted by Gasteiger charge is 2.37. The summed E-state index contributed by atoms with van der Waals surface area (Å²) in [6.45, 7) is 4.50. The zero-order chi connectivity index (χ0) is 14.1. The lowest BCUT2D eigenvalue weighted by Crippen LogP contribution is -2.50. The molecule has 0 radical (unpaired) electrons.